The van der Waals surface area contributed by atoms with Gasteiger partial charge in [0.25, 0.3) is 0 Å². The molecule has 1 saturated carbocycles. The normalized spacial score (nSPS) is 20.7. The molecule has 1 fully saturated rings. The molecule has 6 N–H and O–H groups in total. The highest BCUT2D eigenvalue weighted by Crippen LogP contribution is 2.43. The molecule has 0 saturated heterocycles. The van der Waals surface area contributed by atoms with E-state index in [0.717, 1.165) is 57.8 Å². The van der Waals surface area contributed by atoms with E-state index in [0.29, 0.717) is 32.1 Å². The molecule has 0 amide bonds. The smallest absolute Gasteiger partial charge is 0.462 e. The van der Waals surface area contributed by atoms with Crippen LogP contribution in [0.4, 0.5) is 0 Å². The molecule has 1 aliphatic rings. The lowest BCUT2D eigenvalue weighted by molar-refractivity contribution is -0.161. The quantitative estimate of drug-likeness (QED) is 0.0172. The van der Waals surface area contributed by atoms with Gasteiger partial charge in [0, 0.05) is 31.7 Å². The molecule has 7 atom stereocenters. The van der Waals surface area contributed by atoms with Gasteiger partial charge in [-0.25, -0.2) is 4.57 Å². The Bertz CT molecular complexity index is 1330. The number of aliphatic hydroxyl groups is 3. The van der Waals surface area contributed by atoms with Crippen LogP contribution >= 0.6 is 7.82 Å². The van der Waals surface area contributed by atoms with Gasteiger partial charge in [0.05, 0.1) is 31.5 Å². The fourth-order valence-corrected chi connectivity index (χ4v) is 7.43. The van der Waals surface area contributed by atoms with Crippen LogP contribution in [0.3, 0.4) is 0 Å². The van der Waals surface area contributed by atoms with Crippen LogP contribution in [0.1, 0.15) is 149 Å². The van der Waals surface area contributed by atoms with Gasteiger partial charge >= 0.3 is 19.8 Å². The van der Waals surface area contributed by atoms with E-state index < -0.39 is 50.8 Å². The van der Waals surface area contributed by atoms with Gasteiger partial charge in [-0.1, -0.05) is 125 Å². The van der Waals surface area contributed by atoms with Crippen LogP contribution < -0.4 is 5.73 Å². The van der Waals surface area contributed by atoms with Crippen molar-refractivity contribution in [2.45, 2.75) is 173 Å². The minimum atomic E-state index is -4.45. The van der Waals surface area contributed by atoms with Crippen LogP contribution in [0.25, 0.3) is 0 Å². The Morgan fingerprint density at radius 1 is 0.717 bits per heavy atom. The number of nitrogens with two attached hydrogens (primary N) is 1. The summed E-state index contributed by atoms with van der Waals surface area (Å²) in [5, 5.41) is 31.3. The molecular weight excluding hydrogens is 785 g/mol. The number of aliphatic hydroxyl groups excluding tert-OH is 3. The van der Waals surface area contributed by atoms with Crippen LogP contribution in [0.2, 0.25) is 0 Å². The van der Waals surface area contributed by atoms with Crippen LogP contribution in [0, 0.1) is 11.8 Å². The number of esters is 2. The Balaban J connectivity index is 2.41. The zero-order valence-electron chi connectivity index (χ0n) is 36.7. The second kappa shape index (κ2) is 36.9. The lowest BCUT2D eigenvalue weighted by Crippen LogP contribution is -2.29. The predicted molar refractivity (Wildman–Crippen MR) is 240 cm³/mol. The first-order chi connectivity index (χ1) is 29.0. The molecule has 0 aromatic rings. The first-order valence-electron chi connectivity index (χ1n) is 22.7. The van der Waals surface area contributed by atoms with Crippen molar-refractivity contribution >= 4 is 19.8 Å². The zero-order chi connectivity index (χ0) is 44.1. The molecule has 0 heterocycles. The number of hydrogen-bond acceptors (Lipinski definition) is 11. The number of rotatable bonds is 37. The topological polar surface area (TPSA) is 195 Å². The molecule has 13 heteroatoms. The number of unbranched alkanes of at least 4 members (excludes halogenated alkanes) is 9. The number of hydrogen-bond donors (Lipinski definition) is 5. The summed E-state index contributed by atoms with van der Waals surface area (Å²) in [4.78, 5) is 35.1. The van der Waals surface area contributed by atoms with Crippen molar-refractivity contribution < 1.29 is 52.9 Å². The van der Waals surface area contributed by atoms with Gasteiger partial charge in [-0.3, -0.25) is 18.6 Å². The van der Waals surface area contributed by atoms with Gasteiger partial charge in [-0.15, -0.1) is 0 Å². The van der Waals surface area contributed by atoms with Gasteiger partial charge in [0.15, 0.2) is 6.10 Å². The number of ether oxygens (including phenoxy) is 2. The monoisotopic (exact) mass is 866 g/mol. The summed E-state index contributed by atoms with van der Waals surface area (Å²) >= 11 is 0. The third-order valence-corrected chi connectivity index (χ3v) is 11.1. The largest absolute Gasteiger partial charge is 0.472 e. The molecule has 1 aliphatic carbocycles. The van der Waals surface area contributed by atoms with Crippen molar-refractivity contribution in [3.8, 4) is 0 Å². The first kappa shape index (κ1) is 55.3. The second-order valence-electron chi connectivity index (χ2n) is 15.5. The lowest BCUT2D eigenvalue weighted by atomic mass is 9.89. The maximum atomic E-state index is 12.6. The number of phosphoric acid groups is 1. The van der Waals surface area contributed by atoms with Crippen LogP contribution in [-0.4, -0.2) is 82.9 Å². The average Bonchev–Trinajstić information content (AvgIpc) is 3.49. The van der Waals surface area contributed by atoms with Gasteiger partial charge in [-0.05, 0) is 83.0 Å². The summed E-state index contributed by atoms with van der Waals surface area (Å²) in [7, 11) is -4.45. The molecule has 12 nitrogen and oxygen atoms in total. The Morgan fingerprint density at radius 2 is 1.30 bits per heavy atom. The van der Waals surface area contributed by atoms with Crippen LogP contribution in [0.5, 0.6) is 0 Å². The van der Waals surface area contributed by atoms with Crippen LogP contribution in [0.15, 0.2) is 72.9 Å². The fourth-order valence-electron chi connectivity index (χ4n) is 6.67. The number of carbonyl (C=O) groups is 2. The zero-order valence-corrected chi connectivity index (χ0v) is 37.6. The second-order valence-corrected chi connectivity index (χ2v) is 17.0. The molecule has 1 rings (SSSR count). The van der Waals surface area contributed by atoms with Crippen molar-refractivity contribution in [3.05, 3.63) is 72.9 Å². The summed E-state index contributed by atoms with van der Waals surface area (Å²) < 4.78 is 32.7. The molecule has 0 aliphatic heterocycles. The van der Waals surface area contributed by atoms with E-state index in [1.807, 2.05) is 18.2 Å². The lowest BCUT2D eigenvalue weighted by Gasteiger charge is -2.20. The van der Waals surface area contributed by atoms with Crippen LogP contribution in [-0.2, 0) is 32.7 Å². The molecular formula is C47H80NO11P. The van der Waals surface area contributed by atoms with Gasteiger partial charge in [0.1, 0.15) is 6.61 Å². The predicted octanol–water partition coefficient (Wildman–Crippen LogP) is 9.43. The Hall–Kier alpha value is -2.67. The van der Waals surface area contributed by atoms with Gasteiger partial charge in [0.2, 0.25) is 0 Å². The molecule has 1 unspecified atom stereocenters. The number of allylic oxidation sites excluding steroid dienone is 10. The molecule has 344 valence electrons. The van der Waals surface area contributed by atoms with E-state index in [1.165, 1.54) is 25.7 Å². The van der Waals surface area contributed by atoms with Crippen molar-refractivity contribution in [1.29, 1.82) is 0 Å². The summed E-state index contributed by atoms with van der Waals surface area (Å²) in [6.45, 7) is 3.27. The van der Waals surface area contributed by atoms with Crippen molar-refractivity contribution in [1.82, 2.24) is 0 Å². The van der Waals surface area contributed by atoms with E-state index >= 15 is 0 Å². The van der Waals surface area contributed by atoms with E-state index in [9.17, 15) is 34.4 Å². The Morgan fingerprint density at radius 3 is 1.95 bits per heavy atom. The molecule has 0 aromatic heterocycles. The van der Waals surface area contributed by atoms with Gasteiger partial charge in [-0.2, -0.15) is 0 Å². The molecule has 0 spiro atoms. The summed E-state index contributed by atoms with van der Waals surface area (Å²) in [6.07, 6.45) is 38.8. The third-order valence-electron chi connectivity index (χ3n) is 10.1. The average molecular weight is 866 g/mol. The highest BCUT2D eigenvalue weighted by molar-refractivity contribution is 7.47. The molecule has 0 aromatic carbocycles. The number of carbonyl (C=O) groups excluding carboxylic acids is 2. The van der Waals surface area contributed by atoms with E-state index in [4.69, 9.17) is 24.3 Å². The standard InChI is InChI=1S/C47H80NO11P/c1-3-5-7-8-9-10-11-12-13-14-15-16-17-18-19-20-21-22-28-32-47(53)59-41(39-58-60(54,55)57-36-35-48)38-56-46(52)31-27-24-23-26-30-42-43(45(51)37-44(42)50)34-33-40(49)29-25-6-4-2/h9-10,12-13,15-16,18-19,23,26,33-34,40-45,49-51H,3-8,11,14,17,20-22,24-25,27-32,35-39,48H2,1-2H3,(H,54,55)/b10-9-,13-12-,16-15-,19-18-,26-23+,34-33+/t40-,41+,42+,43+,44-,45+/m0/s1. The van der Waals surface area contributed by atoms with E-state index in [2.05, 4.69) is 62.5 Å². The Kier molecular flexibility index (Phi) is 34.1. The fraction of sp³-hybridized carbons (Fsp3) is 0.702. The first-order valence-corrected chi connectivity index (χ1v) is 24.2. The minimum Gasteiger partial charge on any atom is -0.462 e. The summed E-state index contributed by atoms with van der Waals surface area (Å²) in [5.74, 6) is -1.48. The van der Waals surface area contributed by atoms with Crippen molar-refractivity contribution in [2.24, 2.45) is 17.6 Å². The molecule has 0 radical (unpaired) electrons. The van der Waals surface area contributed by atoms with E-state index in [1.54, 1.807) is 6.08 Å². The minimum absolute atomic E-state index is 0.00925. The molecule has 0 bridgehead atoms. The van der Waals surface area contributed by atoms with Crippen molar-refractivity contribution in [2.75, 3.05) is 26.4 Å². The van der Waals surface area contributed by atoms with E-state index in [-0.39, 0.29) is 50.9 Å². The third kappa shape index (κ3) is 30.4. The maximum Gasteiger partial charge on any atom is 0.472 e. The van der Waals surface area contributed by atoms with Gasteiger partial charge < -0.3 is 35.4 Å². The summed E-state index contributed by atoms with van der Waals surface area (Å²) in [6, 6.07) is 0. The maximum absolute atomic E-state index is 12.6. The summed E-state index contributed by atoms with van der Waals surface area (Å²) in [5.41, 5.74) is 5.34. The van der Waals surface area contributed by atoms with Crippen molar-refractivity contribution in [3.63, 3.8) is 0 Å². The number of phosphoric ester groups is 1. The Labute approximate surface area is 361 Å². The highest BCUT2D eigenvalue weighted by Gasteiger charge is 2.39. The highest BCUT2D eigenvalue weighted by atomic mass is 31.2. The SMILES string of the molecule is CCCCC/C=C\C/C=C\C/C=C\C/C=C\CCCCCC(=O)O[C@H](COC(=O)CCC/C=C/C[C@@H]1[C@@H](/C=C/[C@@H](O)CCCCC)[C@H](O)C[C@@H]1O)COP(=O)(O)OCCN. The molecule has 60 heavy (non-hydrogen) atoms.